The monoisotopic (exact) mass is 385 g/mol. The van der Waals surface area contributed by atoms with Gasteiger partial charge in [0.05, 0.1) is 30.4 Å². The van der Waals surface area contributed by atoms with Crippen molar-refractivity contribution in [3.63, 3.8) is 0 Å². The Morgan fingerprint density at radius 1 is 0.926 bits per heavy atom. The molecule has 3 rings (SSSR count). The quantitative estimate of drug-likeness (QED) is 0.677. The van der Waals surface area contributed by atoms with E-state index in [1.165, 1.54) is 19.2 Å². The summed E-state index contributed by atoms with van der Waals surface area (Å²) in [7, 11) is -0.974. The zero-order valence-electron chi connectivity index (χ0n) is 15.1. The summed E-state index contributed by atoms with van der Waals surface area (Å²) in [6.45, 7) is 1.76. The Morgan fingerprint density at radius 2 is 1.63 bits per heavy atom. The first-order chi connectivity index (χ1) is 12.8. The van der Waals surface area contributed by atoms with Crippen molar-refractivity contribution in [1.82, 2.24) is 0 Å². The molecule has 0 bridgehead atoms. The maximum absolute atomic E-state index is 12.8. The third-order valence-corrected chi connectivity index (χ3v) is 5.60. The first-order valence-electron chi connectivity index (χ1n) is 8.13. The second-order valence-corrected chi connectivity index (χ2v) is 7.68. The van der Waals surface area contributed by atoms with E-state index in [4.69, 9.17) is 4.74 Å². The Bertz CT molecular complexity index is 1120. The van der Waals surface area contributed by atoms with E-state index in [9.17, 15) is 13.2 Å². The molecule has 1 N–H and O–H groups in total. The number of hydrogen-bond acceptors (Lipinski definition) is 5. The first kappa shape index (κ1) is 18.7. The summed E-state index contributed by atoms with van der Waals surface area (Å²) in [5, 5.41) is 1.65. The molecule has 0 aliphatic heterocycles. The van der Waals surface area contributed by atoms with Crippen LogP contribution in [-0.2, 0) is 14.8 Å². The first-order valence-corrected chi connectivity index (χ1v) is 9.62. The van der Waals surface area contributed by atoms with Crippen molar-refractivity contribution in [3.8, 4) is 5.75 Å². The highest BCUT2D eigenvalue weighted by Gasteiger charge is 2.17. The molecule has 0 radical (unpaired) electrons. The lowest BCUT2D eigenvalue weighted by Gasteiger charge is -2.12. The maximum Gasteiger partial charge on any atom is 0.337 e. The van der Waals surface area contributed by atoms with Crippen LogP contribution in [0.5, 0.6) is 5.75 Å². The van der Waals surface area contributed by atoms with E-state index in [-0.39, 0.29) is 10.5 Å². The molecule has 7 heteroatoms. The minimum absolute atomic E-state index is 0.128. The number of aryl methyl sites for hydroxylation is 1. The van der Waals surface area contributed by atoms with Crippen LogP contribution in [0.2, 0.25) is 0 Å². The highest BCUT2D eigenvalue weighted by molar-refractivity contribution is 7.92. The molecule has 0 saturated heterocycles. The lowest BCUT2D eigenvalue weighted by atomic mass is 10.1. The van der Waals surface area contributed by atoms with E-state index < -0.39 is 16.0 Å². The summed E-state index contributed by atoms with van der Waals surface area (Å²) < 4.78 is 38.1. The zero-order chi connectivity index (χ0) is 19.6. The molecule has 0 fully saturated rings. The Labute approximate surface area is 157 Å². The maximum atomic E-state index is 12.8. The number of carbonyl (C=O) groups excluding carboxylic acids is 1. The van der Waals surface area contributed by atoms with E-state index in [1.807, 2.05) is 6.07 Å². The van der Waals surface area contributed by atoms with Crippen LogP contribution in [0.3, 0.4) is 0 Å². The van der Waals surface area contributed by atoms with E-state index in [2.05, 4.69) is 9.46 Å². The van der Waals surface area contributed by atoms with Crippen molar-refractivity contribution in [2.75, 3.05) is 18.9 Å². The van der Waals surface area contributed by atoms with Crippen LogP contribution in [0, 0.1) is 6.92 Å². The van der Waals surface area contributed by atoms with Gasteiger partial charge in [-0.05, 0) is 59.7 Å². The van der Waals surface area contributed by atoms with Gasteiger partial charge in [0.1, 0.15) is 5.75 Å². The summed E-state index contributed by atoms with van der Waals surface area (Å²) in [5.41, 5.74) is 1.29. The van der Waals surface area contributed by atoms with Gasteiger partial charge in [-0.2, -0.15) is 0 Å². The smallest absolute Gasteiger partial charge is 0.337 e. The molecule has 3 aromatic rings. The summed E-state index contributed by atoms with van der Waals surface area (Å²) in [6.07, 6.45) is 0. The molecule has 140 valence electrons. The van der Waals surface area contributed by atoms with Crippen molar-refractivity contribution in [2.24, 2.45) is 0 Å². The lowest BCUT2D eigenvalue weighted by Crippen LogP contribution is -2.14. The van der Waals surface area contributed by atoms with Gasteiger partial charge in [0.15, 0.2) is 0 Å². The number of anilines is 1. The van der Waals surface area contributed by atoms with Crippen molar-refractivity contribution < 1.29 is 22.7 Å². The van der Waals surface area contributed by atoms with E-state index in [0.717, 1.165) is 10.8 Å². The van der Waals surface area contributed by atoms with Gasteiger partial charge in [-0.25, -0.2) is 13.2 Å². The summed E-state index contributed by atoms with van der Waals surface area (Å²) in [5.74, 6) is 0.168. The number of rotatable bonds is 5. The number of carbonyl (C=O) groups is 1. The van der Waals surface area contributed by atoms with Crippen LogP contribution < -0.4 is 9.46 Å². The van der Waals surface area contributed by atoms with Crippen LogP contribution in [-0.4, -0.2) is 28.6 Å². The predicted molar refractivity (Wildman–Crippen MR) is 104 cm³/mol. The molecule has 0 aliphatic rings. The zero-order valence-corrected chi connectivity index (χ0v) is 16.0. The molecule has 0 spiro atoms. The van der Waals surface area contributed by atoms with Crippen LogP contribution in [0.4, 0.5) is 5.69 Å². The summed E-state index contributed by atoms with van der Waals surface area (Å²) in [4.78, 5) is 11.8. The molecule has 27 heavy (non-hydrogen) atoms. The van der Waals surface area contributed by atoms with Crippen molar-refractivity contribution in [2.45, 2.75) is 11.8 Å². The molecule has 0 aromatic heterocycles. The van der Waals surface area contributed by atoms with Gasteiger partial charge in [-0.1, -0.05) is 18.2 Å². The van der Waals surface area contributed by atoms with Crippen molar-refractivity contribution in [3.05, 3.63) is 65.7 Å². The van der Waals surface area contributed by atoms with Crippen LogP contribution >= 0.6 is 0 Å². The fourth-order valence-electron chi connectivity index (χ4n) is 2.68. The van der Waals surface area contributed by atoms with Gasteiger partial charge < -0.3 is 9.47 Å². The number of benzene rings is 3. The molecule has 3 aromatic carbocycles. The largest absolute Gasteiger partial charge is 0.497 e. The Balaban J connectivity index is 1.97. The molecule has 0 atom stereocenters. The standard InChI is InChI=1S/C20H19NO5S/c1-13-4-5-16(20(22)26-3)12-19(13)21-27(23,24)18-9-7-14-10-17(25-2)8-6-15(14)11-18/h4-12,21H,1-3H3. The van der Waals surface area contributed by atoms with Gasteiger partial charge in [-0.15, -0.1) is 0 Å². The second-order valence-electron chi connectivity index (χ2n) is 6.00. The van der Waals surface area contributed by atoms with Gasteiger partial charge in [-0.3, -0.25) is 4.72 Å². The number of esters is 1. The highest BCUT2D eigenvalue weighted by Crippen LogP contribution is 2.26. The second kappa shape index (κ2) is 7.28. The fraction of sp³-hybridized carbons (Fsp3) is 0.150. The van der Waals surface area contributed by atoms with Crippen LogP contribution in [0.25, 0.3) is 10.8 Å². The number of sulfonamides is 1. The van der Waals surface area contributed by atoms with Gasteiger partial charge in [0, 0.05) is 0 Å². The fourth-order valence-corrected chi connectivity index (χ4v) is 3.83. The van der Waals surface area contributed by atoms with Gasteiger partial charge in [0.25, 0.3) is 10.0 Å². The lowest BCUT2D eigenvalue weighted by molar-refractivity contribution is 0.0601. The minimum atomic E-state index is -3.83. The average molecular weight is 385 g/mol. The third kappa shape index (κ3) is 3.88. The molecule has 0 unspecified atom stereocenters. The van der Waals surface area contributed by atoms with Gasteiger partial charge in [0.2, 0.25) is 0 Å². The number of ether oxygens (including phenoxy) is 2. The van der Waals surface area contributed by atoms with E-state index in [0.29, 0.717) is 17.0 Å². The SMILES string of the molecule is COC(=O)c1ccc(C)c(NS(=O)(=O)c2ccc3cc(OC)ccc3c2)c1. The number of methoxy groups -OCH3 is 2. The number of fused-ring (bicyclic) bond motifs is 1. The third-order valence-electron chi connectivity index (χ3n) is 4.23. The predicted octanol–water partition coefficient (Wildman–Crippen LogP) is 3.74. The molecule has 0 amide bonds. The molecule has 6 nitrogen and oxygen atoms in total. The Kier molecular flexibility index (Phi) is 5.05. The molecule has 0 aliphatic carbocycles. The summed E-state index contributed by atoms with van der Waals surface area (Å²) >= 11 is 0. The minimum Gasteiger partial charge on any atom is -0.497 e. The normalized spacial score (nSPS) is 11.2. The highest BCUT2D eigenvalue weighted by atomic mass is 32.2. The molecule has 0 saturated carbocycles. The number of hydrogen-bond donors (Lipinski definition) is 1. The van der Waals surface area contributed by atoms with E-state index in [1.54, 1.807) is 50.4 Å². The van der Waals surface area contributed by atoms with Crippen LogP contribution in [0.1, 0.15) is 15.9 Å². The Morgan fingerprint density at radius 3 is 2.33 bits per heavy atom. The number of nitrogens with one attached hydrogen (secondary N) is 1. The average Bonchev–Trinajstić information content (AvgIpc) is 2.68. The van der Waals surface area contributed by atoms with Gasteiger partial charge >= 0.3 is 5.97 Å². The topological polar surface area (TPSA) is 81.7 Å². The van der Waals surface area contributed by atoms with E-state index >= 15 is 0 Å². The van der Waals surface area contributed by atoms with Crippen LogP contribution in [0.15, 0.2) is 59.5 Å². The Hall–Kier alpha value is -3.06. The van der Waals surface area contributed by atoms with Crippen molar-refractivity contribution in [1.29, 1.82) is 0 Å². The molecular formula is C20H19NO5S. The molecular weight excluding hydrogens is 366 g/mol. The summed E-state index contributed by atoms with van der Waals surface area (Å²) in [6, 6.07) is 15.0. The molecule has 0 heterocycles. The van der Waals surface area contributed by atoms with Crippen molar-refractivity contribution >= 4 is 32.5 Å².